The van der Waals surface area contributed by atoms with E-state index in [0.717, 1.165) is 17.8 Å². The Balaban J connectivity index is 2.30. The van der Waals surface area contributed by atoms with Crippen LogP contribution in [0.5, 0.6) is 0 Å². The molecule has 2 nitrogen and oxygen atoms in total. The standard InChI is InChI=1S/C13H17NO/c1-9-3-4-13-11(5-9)7-12(15-13)6-10(2)8-14/h3-5,7,10H,6,8,14H2,1-2H3. The molecule has 0 aliphatic rings. The van der Waals surface area contributed by atoms with Gasteiger partial charge in [0.25, 0.3) is 0 Å². The third kappa shape index (κ3) is 2.21. The van der Waals surface area contributed by atoms with Gasteiger partial charge in [-0.05, 0) is 37.6 Å². The summed E-state index contributed by atoms with van der Waals surface area (Å²) < 4.78 is 5.74. The zero-order chi connectivity index (χ0) is 10.8. The smallest absolute Gasteiger partial charge is 0.134 e. The van der Waals surface area contributed by atoms with Crippen LogP contribution in [0, 0.1) is 12.8 Å². The number of furan rings is 1. The summed E-state index contributed by atoms with van der Waals surface area (Å²) in [7, 11) is 0. The van der Waals surface area contributed by atoms with Gasteiger partial charge in [-0.2, -0.15) is 0 Å². The molecule has 2 rings (SSSR count). The molecule has 0 radical (unpaired) electrons. The van der Waals surface area contributed by atoms with Crippen molar-refractivity contribution in [3.63, 3.8) is 0 Å². The summed E-state index contributed by atoms with van der Waals surface area (Å²) in [5, 5.41) is 1.19. The molecule has 0 aliphatic heterocycles. The van der Waals surface area contributed by atoms with E-state index in [1.807, 2.05) is 6.07 Å². The van der Waals surface area contributed by atoms with Crippen LogP contribution in [0.15, 0.2) is 28.7 Å². The molecule has 1 aromatic heterocycles. The van der Waals surface area contributed by atoms with E-state index in [1.165, 1.54) is 10.9 Å². The van der Waals surface area contributed by atoms with Gasteiger partial charge in [0.2, 0.25) is 0 Å². The summed E-state index contributed by atoms with van der Waals surface area (Å²) in [6.45, 7) is 4.93. The van der Waals surface area contributed by atoms with Crippen LogP contribution >= 0.6 is 0 Å². The van der Waals surface area contributed by atoms with Crippen LogP contribution in [0.3, 0.4) is 0 Å². The second-order valence-electron chi connectivity index (χ2n) is 4.30. The Labute approximate surface area is 90.1 Å². The Hall–Kier alpha value is -1.28. The van der Waals surface area contributed by atoms with Gasteiger partial charge in [-0.25, -0.2) is 0 Å². The molecule has 2 aromatic rings. The highest BCUT2D eigenvalue weighted by Gasteiger charge is 2.07. The molecule has 1 aromatic carbocycles. The fourth-order valence-corrected chi connectivity index (χ4v) is 1.75. The van der Waals surface area contributed by atoms with Crippen LogP contribution in [0.2, 0.25) is 0 Å². The van der Waals surface area contributed by atoms with E-state index in [-0.39, 0.29) is 0 Å². The van der Waals surface area contributed by atoms with Crippen molar-refractivity contribution >= 4 is 11.0 Å². The van der Waals surface area contributed by atoms with Crippen LogP contribution in [-0.2, 0) is 6.42 Å². The number of fused-ring (bicyclic) bond motifs is 1. The Morgan fingerprint density at radius 1 is 1.33 bits per heavy atom. The monoisotopic (exact) mass is 203 g/mol. The number of benzene rings is 1. The summed E-state index contributed by atoms with van der Waals surface area (Å²) in [5.74, 6) is 1.51. The molecule has 0 saturated carbocycles. The lowest BCUT2D eigenvalue weighted by Gasteiger charge is -2.03. The molecular weight excluding hydrogens is 186 g/mol. The molecule has 0 spiro atoms. The van der Waals surface area contributed by atoms with Gasteiger partial charge < -0.3 is 10.2 Å². The van der Waals surface area contributed by atoms with E-state index in [4.69, 9.17) is 10.2 Å². The quantitative estimate of drug-likeness (QED) is 0.833. The molecule has 1 unspecified atom stereocenters. The highest BCUT2D eigenvalue weighted by molar-refractivity contribution is 5.78. The van der Waals surface area contributed by atoms with Crippen molar-refractivity contribution in [3.05, 3.63) is 35.6 Å². The van der Waals surface area contributed by atoms with Crippen molar-refractivity contribution in [2.24, 2.45) is 11.7 Å². The Bertz CT molecular complexity index is 459. The van der Waals surface area contributed by atoms with E-state index in [9.17, 15) is 0 Å². The summed E-state index contributed by atoms with van der Waals surface area (Å²) in [4.78, 5) is 0. The number of aryl methyl sites for hydroxylation is 1. The second-order valence-corrected chi connectivity index (χ2v) is 4.30. The van der Waals surface area contributed by atoms with E-state index >= 15 is 0 Å². The van der Waals surface area contributed by atoms with Crippen LogP contribution in [0.1, 0.15) is 18.2 Å². The lowest BCUT2D eigenvalue weighted by Crippen LogP contribution is -2.12. The highest BCUT2D eigenvalue weighted by atomic mass is 16.3. The van der Waals surface area contributed by atoms with Gasteiger partial charge in [0.15, 0.2) is 0 Å². The third-order valence-corrected chi connectivity index (χ3v) is 2.67. The topological polar surface area (TPSA) is 39.2 Å². The molecule has 2 heteroatoms. The molecule has 80 valence electrons. The van der Waals surface area contributed by atoms with Gasteiger partial charge >= 0.3 is 0 Å². The lowest BCUT2D eigenvalue weighted by molar-refractivity contribution is 0.484. The van der Waals surface area contributed by atoms with E-state index < -0.39 is 0 Å². The van der Waals surface area contributed by atoms with Crippen LogP contribution in [0.25, 0.3) is 11.0 Å². The summed E-state index contributed by atoms with van der Waals surface area (Å²) in [6.07, 6.45) is 0.921. The average Bonchev–Trinajstić information content (AvgIpc) is 2.59. The van der Waals surface area contributed by atoms with Gasteiger partial charge in [0, 0.05) is 11.8 Å². The first-order valence-corrected chi connectivity index (χ1v) is 5.38. The minimum atomic E-state index is 0.478. The Morgan fingerprint density at radius 2 is 2.13 bits per heavy atom. The maximum Gasteiger partial charge on any atom is 0.134 e. The molecule has 1 heterocycles. The van der Waals surface area contributed by atoms with Crippen molar-refractivity contribution < 1.29 is 4.42 Å². The molecule has 0 fully saturated rings. The van der Waals surface area contributed by atoms with Gasteiger partial charge in [0.05, 0.1) is 0 Å². The zero-order valence-corrected chi connectivity index (χ0v) is 9.29. The van der Waals surface area contributed by atoms with E-state index in [1.54, 1.807) is 0 Å². The maximum absolute atomic E-state index is 5.74. The molecular formula is C13H17NO. The van der Waals surface area contributed by atoms with Gasteiger partial charge in [-0.3, -0.25) is 0 Å². The van der Waals surface area contributed by atoms with Crippen molar-refractivity contribution in [1.29, 1.82) is 0 Å². The minimum absolute atomic E-state index is 0.478. The first-order valence-electron chi connectivity index (χ1n) is 5.38. The zero-order valence-electron chi connectivity index (χ0n) is 9.29. The number of nitrogens with two attached hydrogens (primary N) is 1. The normalized spacial score (nSPS) is 13.3. The first-order chi connectivity index (χ1) is 7.19. The number of hydrogen-bond acceptors (Lipinski definition) is 2. The largest absolute Gasteiger partial charge is 0.461 e. The summed E-state index contributed by atoms with van der Waals surface area (Å²) >= 11 is 0. The van der Waals surface area contributed by atoms with E-state index in [2.05, 4.69) is 32.0 Å². The van der Waals surface area contributed by atoms with Crippen molar-refractivity contribution in [1.82, 2.24) is 0 Å². The van der Waals surface area contributed by atoms with Crippen molar-refractivity contribution in [2.75, 3.05) is 6.54 Å². The Kier molecular flexibility index (Phi) is 2.78. The van der Waals surface area contributed by atoms with Crippen LogP contribution in [-0.4, -0.2) is 6.54 Å². The van der Waals surface area contributed by atoms with Gasteiger partial charge in [0.1, 0.15) is 11.3 Å². The van der Waals surface area contributed by atoms with Crippen molar-refractivity contribution in [2.45, 2.75) is 20.3 Å². The summed E-state index contributed by atoms with van der Waals surface area (Å²) in [6, 6.07) is 8.37. The molecule has 2 N–H and O–H groups in total. The van der Waals surface area contributed by atoms with Crippen molar-refractivity contribution in [3.8, 4) is 0 Å². The summed E-state index contributed by atoms with van der Waals surface area (Å²) in [5.41, 5.74) is 7.83. The highest BCUT2D eigenvalue weighted by Crippen LogP contribution is 2.22. The molecule has 0 saturated heterocycles. The predicted molar refractivity (Wildman–Crippen MR) is 62.9 cm³/mol. The molecule has 1 atom stereocenters. The molecule has 0 amide bonds. The predicted octanol–water partition coefficient (Wildman–Crippen LogP) is 2.88. The van der Waals surface area contributed by atoms with Gasteiger partial charge in [-0.1, -0.05) is 18.6 Å². The first kappa shape index (κ1) is 10.2. The Morgan fingerprint density at radius 3 is 2.87 bits per heavy atom. The molecule has 15 heavy (non-hydrogen) atoms. The number of hydrogen-bond donors (Lipinski definition) is 1. The van der Waals surface area contributed by atoms with Crippen LogP contribution < -0.4 is 5.73 Å². The fraction of sp³-hybridized carbons (Fsp3) is 0.385. The maximum atomic E-state index is 5.74. The van der Waals surface area contributed by atoms with E-state index in [0.29, 0.717) is 12.5 Å². The van der Waals surface area contributed by atoms with Crippen LogP contribution in [0.4, 0.5) is 0 Å². The lowest BCUT2D eigenvalue weighted by atomic mass is 10.1. The van der Waals surface area contributed by atoms with Gasteiger partial charge in [-0.15, -0.1) is 0 Å². The SMILES string of the molecule is Cc1ccc2oc(CC(C)CN)cc2c1. The minimum Gasteiger partial charge on any atom is -0.461 e. The molecule has 0 bridgehead atoms. The molecule has 0 aliphatic carbocycles. The third-order valence-electron chi connectivity index (χ3n) is 2.67. The fourth-order valence-electron chi connectivity index (χ4n) is 1.75. The average molecular weight is 203 g/mol. The second kappa shape index (κ2) is 4.07. The number of rotatable bonds is 3.